The van der Waals surface area contributed by atoms with E-state index in [0.29, 0.717) is 0 Å². The van der Waals surface area contributed by atoms with Crippen molar-refractivity contribution < 1.29 is 10.4 Å². The summed E-state index contributed by atoms with van der Waals surface area (Å²) in [5.74, 6) is 0. The first-order valence-electron chi connectivity index (χ1n) is 3.19. The van der Waals surface area contributed by atoms with Crippen molar-refractivity contribution in [1.82, 2.24) is 5.23 Å². The maximum atomic E-state index is 8.32. The van der Waals surface area contributed by atoms with Crippen molar-refractivity contribution >= 4 is 6.08 Å². The van der Waals surface area contributed by atoms with Gasteiger partial charge in [-0.15, -0.1) is 5.23 Å². The van der Waals surface area contributed by atoms with Gasteiger partial charge in [-0.25, -0.2) is 0 Å². The zero-order valence-electron chi connectivity index (χ0n) is 5.88. The normalized spacial score (nSPS) is 10.4. The molecule has 0 aromatic heterocycles. The molecule has 0 spiro atoms. The third-order valence-corrected chi connectivity index (χ3v) is 1.20. The highest BCUT2D eigenvalue weighted by Gasteiger charge is 1.83. The molecule has 58 valence electrons. The summed E-state index contributed by atoms with van der Waals surface area (Å²) in [6.45, 7) is 0. The fourth-order valence-corrected chi connectivity index (χ4v) is 0.717. The van der Waals surface area contributed by atoms with Crippen molar-refractivity contribution in [1.29, 1.82) is 0 Å². The SMILES string of the molecule is ON(O)C=Cc1ccccc1. The van der Waals surface area contributed by atoms with Gasteiger partial charge >= 0.3 is 0 Å². The fraction of sp³-hybridized carbons (Fsp3) is 0. The Morgan fingerprint density at radius 3 is 2.27 bits per heavy atom. The van der Waals surface area contributed by atoms with Crippen LogP contribution in [0.4, 0.5) is 0 Å². The first kappa shape index (κ1) is 7.78. The number of benzene rings is 1. The molecular formula is C8H9NO2. The van der Waals surface area contributed by atoms with E-state index in [1.807, 2.05) is 30.3 Å². The maximum Gasteiger partial charge on any atom is 0.0588 e. The molecule has 0 saturated carbocycles. The van der Waals surface area contributed by atoms with Gasteiger partial charge in [0.15, 0.2) is 0 Å². The summed E-state index contributed by atoms with van der Waals surface area (Å²) >= 11 is 0. The number of hydroxylamine groups is 2. The van der Waals surface area contributed by atoms with E-state index in [2.05, 4.69) is 0 Å². The Labute approximate surface area is 64.7 Å². The zero-order valence-corrected chi connectivity index (χ0v) is 5.88. The molecule has 3 nitrogen and oxygen atoms in total. The van der Waals surface area contributed by atoms with Crippen molar-refractivity contribution in [3.8, 4) is 0 Å². The van der Waals surface area contributed by atoms with Gasteiger partial charge in [0.05, 0.1) is 6.20 Å². The molecule has 0 saturated heterocycles. The van der Waals surface area contributed by atoms with E-state index in [1.54, 1.807) is 6.08 Å². The smallest absolute Gasteiger partial charge is 0.0588 e. The first-order valence-corrected chi connectivity index (χ1v) is 3.19. The van der Waals surface area contributed by atoms with E-state index in [9.17, 15) is 0 Å². The lowest BCUT2D eigenvalue weighted by atomic mass is 10.2. The molecule has 0 fully saturated rings. The zero-order chi connectivity index (χ0) is 8.10. The summed E-state index contributed by atoms with van der Waals surface area (Å²) in [5, 5.41) is 16.7. The lowest BCUT2D eigenvalue weighted by Gasteiger charge is -1.98. The number of hydrogen-bond donors (Lipinski definition) is 2. The van der Waals surface area contributed by atoms with Crippen LogP contribution in [-0.2, 0) is 0 Å². The molecule has 0 amide bonds. The van der Waals surface area contributed by atoms with E-state index in [4.69, 9.17) is 10.4 Å². The van der Waals surface area contributed by atoms with Crippen molar-refractivity contribution in [2.45, 2.75) is 0 Å². The molecule has 3 heteroatoms. The molecule has 0 aliphatic carbocycles. The molecule has 0 aliphatic heterocycles. The summed E-state index contributed by atoms with van der Waals surface area (Å²) in [5.41, 5.74) is 0.917. The number of nitrogens with zero attached hydrogens (tertiary/aromatic N) is 1. The molecule has 2 N–H and O–H groups in total. The van der Waals surface area contributed by atoms with Crippen LogP contribution in [0.5, 0.6) is 0 Å². The Morgan fingerprint density at radius 1 is 1.09 bits per heavy atom. The van der Waals surface area contributed by atoms with E-state index in [1.165, 1.54) is 0 Å². The van der Waals surface area contributed by atoms with Crippen LogP contribution in [0.3, 0.4) is 0 Å². The lowest BCUT2D eigenvalue weighted by Crippen LogP contribution is -2.02. The lowest BCUT2D eigenvalue weighted by molar-refractivity contribution is -0.266. The molecule has 1 aromatic carbocycles. The molecule has 1 aromatic rings. The Hall–Kier alpha value is -1.32. The van der Waals surface area contributed by atoms with Crippen LogP contribution >= 0.6 is 0 Å². The summed E-state index contributed by atoms with van der Waals surface area (Å²) < 4.78 is 0. The quantitative estimate of drug-likeness (QED) is 0.633. The minimum atomic E-state index is 0.0208. The van der Waals surface area contributed by atoms with Gasteiger partial charge in [-0.05, 0) is 11.6 Å². The average Bonchev–Trinajstić information content (AvgIpc) is 2.03. The van der Waals surface area contributed by atoms with E-state index < -0.39 is 0 Å². The van der Waals surface area contributed by atoms with Crippen molar-refractivity contribution in [2.24, 2.45) is 0 Å². The van der Waals surface area contributed by atoms with Gasteiger partial charge < -0.3 is 0 Å². The standard InChI is InChI=1S/C8H9NO2/c10-9(11)7-6-8-4-2-1-3-5-8/h1-7,10-11H. The Balaban J connectivity index is 2.65. The number of hydrogen-bond acceptors (Lipinski definition) is 3. The highest BCUT2D eigenvalue weighted by molar-refractivity contribution is 5.47. The van der Waals surface area contributed by atoms with Crippen LogP contribution in [0, 0.1) is 0 Å². The van der Waals surface area contributed by atoms with Crippen LogP contribution in [-0.4, -0.2) is 15.6 Å². The Morgan fingerprint density at radius 2 is 1.73 bits per heavy atom. The first-order chi connectivity index (χ1) is 5.29. The van der Waals surface area contributed by atoms with Gasteiger partial charge in [0.1, 0.15) is 0 Å². The number of rotatable bonds is 2. The van der Waals surface area contributed by atoms with Gasteiger partial charge in [0, 0.05) is 0 Å². The monoisotopic (exact) mass is 151 g/mol. The minimum absolute atomic E-state index is 0.0208. The van der Waals surface area contributed by atoms with E-state index in [0.717, 1.165) is 11.8 Å². The fourth-order valence-electron chi connectivity index (χ4n) is 0.717. The minimum Gasteiger partial charge on any atom is -0.264 e. The van der Waals surface area contributed by atoms with Gasteiger partial charge in [-0.2, -0.15) is 0 Å². The summed E-state index contributed by atoms with van der Waals surface area (Å²) in [7, 11) is 0. The molecule has 1 rings (SSSR count). The van der Waals surface area contributed by atoms with Crippen molar-refractivity contribution in [2.75, 3.05) is 0 Å². The molecule has 0 unspecified atom stereocenters. The van der Waals surface area contributed by atoms with Crippen LogP contribution in [0.2, 0.25) is 0 Å². The van der Waals surface area contributed by atoms with Crippen LogP contribution in [0.1, 0.15) is 5.56 Å². The molecule has 0 aliphatic rings. The van der Waals surface area contributed by atoms with Gasteiger partial charge in [0.2, 0.25) is 0 Å². The topological polar surface area (TPSA) is 43.7 Å². The van der Waals surface area contributed by atoms with E-state index >= 15 is 0 Å². The molecule has 0 bridgehead atoms. The van der Waals surface area contributed by atoms with Crippen LogP contribution in [0.25, 0.3) is 6.08 Å². The van der Waals surface area contributed by atoms with Crippen molar-refractivity contribution in [3.63, 3.8) is 0 Å². The summed E-state index contributed by atoms with van der Waals surface area (Å²) in [4.78, 5) is 0. The summed E-state index contributed by atoms with van der Waals surface area (Å²) in [6.07, 6.45) is 2.73. The molecule has 0 radical (unpaired) electrons. The van der Waals surface area contributed by atoms with Gasteiger partial charge in [0.25, 0.3) is 0 Å². The largest absolute Gasteiger partial charge is 0.264 e. The maximum absolute atomic E-state index is 8.32. The second-order valence-corrected chi connectivity index (χ2v) is 2.05. The van der Waals surface area contributed by atoms with Gasteiger partial charge in [-0.3, -0.25) is 10.4 Å². The third-order valence-electron chi connectivity index (χ3n) is 1.20. The Bertz CT molecular complexity index is 231. The summed E-state index contributed by atoms with van der Waals surface area (Å²) in [6, 6.07) is 9.37. The highest BCUT2D eigenvalue weighted by Crippen LogP contribution is 2.00. The third kappa shape index (κ3) is 2.84. The average molecular weight is 151 g/mol. The molecule has 11 heavy (non-hydrogen) atoms. The second kappa shape index (κ2) is 3.75. The predicted octanol–water partition coefficient (Wildman–Crippen LogP) is 1.74. The Kier molecular flexibility index (Phi) is 2.66. The predicted molar refractivity (Wildman–Crippen MR) is 40.9 cm³/mol. The van der Waals surface area contributed by atoms with E-state index in [-0.39, 0.29) is 5.23 Å². The second-order valence-electron chi connectivity index (χ2n) is 2.05. The van der Waals surface area contributed by atoms with Crippen molar-refractivity contribution in [3.05, 3.63) is 42.1 Å². The molecule has 0 heterocycles. The highest BCUT2D eigenvalue weighted by atomic mass is 16.8. The molecular weight excluding hydrogens is 142 g/mol. The van der Waals surface area contributed by atoms with Crippen LogP contribution in [0.15, 0.2) is 36.5 Å². The van der Waals surface area contributed by atoms with Crippen LogP contribution < -0.4 is 0 Å². The molecule has 0 atom stereocenters. The van der Waals surface area contributed by atoms with Gasteiger partial charge in [-0.1, -0.05) is 30.3 Å².